The Hall–Kier alpha value is -2.76. The van der Waals surface area contributed by atoms with Gasteiger partial charge in [-0.3, -0.25) is 4.79 Å². The number of carbonyl (C=O) groups is 1. The molecule has 0 saturated carbocycles. The van der Waals surface area contributed by atoms with E-state index in [0.717, 1.165) is 41.4 Å². The second kappa shape index (κ2) is 7.93. The Morgan fingerprint density at radius 1 is 1.03 bits per heavy atom. The highest BCUT2D eigenvalue weighted by molar-refractivity contribution is 6.06. The van der Waals surface area contributed by atoms with Crippen LogP contribution in [0, 0.1) is 0 Å². The second-order valence-corrected chi connectivity index (χ2v) is 7.97. The molecule has 0 aliphatic carbocycles. The zero-order valence-electron chi connectivity index (χ0n) is 16.8. The molecule has 0 fully saturated rings. The van der Waals surface area contributed by atoms with E-state index in [1.165, 1.54) is 12.1 Å². The van der Waals surface area contributed by atoms with E-state index in [2.05, 4.69) is 12.2 Å². The van der Waals surface area contributed by atoms with Gasteiger partial charge < -0.3 is 9.88 Å². The average Bonchev–Trinajstić information content (AvgIpc) is 3.04. The van der Waals surface area contributed by atoms with Crippen molar-refractivity contribution < 1.29 is 18.0 Å². The van der Waals surface area contributed by atoms with Gasteiger partial charge in [-0.2, -0.15) is 13.2 Å². The Morgan fingerprint density at radius 2 is 1.72 bits per heavy atom. The lowest BCUT2D eigenvalue weighted by molar-refractivity contribution is -0.137. The number of hydrogen-bond donors (Lipinski definition) is 1. The fourth-order valence-corrected chi connectivity index (χ4v) is 3.63. The summed E-state index contributed by atoms with van der Waals surface area (Å²) in [7, 11) is 0. The number of nitrogens with one attached hydrogen (secondary N) is 1. The molecule has 1 heterocycles. The maximum atomic E-state index is 13.0. The summed E-state index contributed by atoms with van der Waals surface area (Å²) < 4.78 is 40.3. The quantitative estimate of drug-likeness (QED) is 0.538. The molecule has 6 heteroatoms. The topological polar surface area (TPSA) is 34.0 Å². The van der Waals surface area contributed by atoms with E-state index in [1.807, 2.05) is 42.8 Å². The summed E-state index contributed by atoms with van der Waals surface area (Å²) in [6.07, 6.45) is -0.672. The second-order valence-electron chi connectivity index (χ2n) is 7.97. The fraction of sp³-hybridized carbons (Fsp3) is 0.348. The summed E-state index contributed by atoms with van der Waals surface area (Å²) in [5.41, 5.74) is 1.08. The van der Waals surface area contributed by atoms with Gasteiger partial charge in [0.15, 0.2) is 0 Å². The molecule has 0 aliphatic rings. The van der Waals surface area contributed by atoms with Crippen LogP contribution in [0.2, 0.25) is 0 Å². The summed E-state index contributed by atoms with van der Waals surface area (Å²) in [5, 5.41) is 4.01. The average molecular weight is 402 g/mol. The third-order valence-corrected chi connectivity index (χ3v) is 4.99. The number of amides is 1. The minimum atomic E-state index is -4.35. The molecule has 1 aromatic heterocycles. The van der Waals surface area contributed by atoms with Crippen LogP contribution in [0.4, 0.5) is 13.2 Å². The van der Waals surface area contributed by atoms with Crippen LogP contribution in [0.15, 0.2) is 54.7 Å². The van der Waals surface area contributed by atoms with Crippen LogP contribution in [-0.4, -0.2) is 16.0 Å². The summed E-state index contributed by atoms with van der Waals surface area (Å²) in [4.78, 5) is 13.0. The third-order valence-electron chi connectivity index (χ3n) is 4.99. The number of hydrogen-bond acceptors (Lipinski definition) is 1. The van der Waals surface area contributed by atoms with Crippen molar-refractivity contribution in [1.29, 1.82) is 0 Å². The Labute approximate surface area is 168 Å². The SMILES string of the molecule is CCCC(C)(C)NC(=O)c1cccc2ccn(Cc3ccc(C(F)(F)F)cc3)c12. The smallest absolute Gasteiger partial charge is 0.347 e. The lowest BCUT2D eigenvalue weighted by Gasteiger charge is -2.26. The summed E-state index contributed by atoms with van der Waals surface area (Å²) in [5.74, 6) is -0.151. The van der Waals surface area contributed by atoms with Crippen molar-refractivity contribution >= 4 is 16.8 Å². The third kappa shape index (κ3) is 4.81. The summed E-state index contributed by atoms with van der Waals surface area (Å²) in [6, 6.07) is 12.6. The first kappa shape index (κ1) is 21.0. The van der Waals surface area contributed by atoms with Gasteiger partial charge in [0, 0.05) is 23.7 Å². The fourth-order valence-electron chi connectivity index (χ4n) is 3.63. The summed E-state index contributed by atoms with van der Waals surface area (Å²) >= 11 is 0. The zero-order chi connectivity index (χ0) is 21.2. The largest absolute Gasteiger partial charge is 0.416 e. The molecule has 29 heavy (non-hydrogen) atoms. The van der Waals surface area contributed by atoms with Crippen molar-refractivity contribution in [2.24, 2.45) is 0 Å². The molecule has 0 aliphatic heterocycles. The molecule has 154 valence electrons. The number of nitrogens with zero attached hydrogens (tertiary/aromatic N) is 1. The van der Waals surface area contributed by atoms with Crippen molar-refractivity contribution in [3.05, 3.63) is 71.4 Å². The van der Waals surface area contributed by atoms with Gasteiger partial charge in [-0.05, 0) is 50.1 Å². The van der Waals surface area contributed by atoms with E-state index in [9.17, 15) is 18.0 Å². The van der Waals surface area contributed by atoms with E-state index in [0.29, 0.717) is 12.1 Å². The molecule has 0 unspecified atom stereocenters. The standard InChI is InChI=1S/C23H25F3N2O/c1-4-13-22(2,3)27-21(29)19-7-5-6-17-12-14-28(20(17)19)15-16-8-10-18(11-9-16)23(24,25)26/h5-12,14H,4,13,15H2,1-3H3,(H,27,29). The first-order chi connectivity index (χ1) is 13.6. The molecular formula is C23H25F3N2O. The molecule has 1 N–H and O–H groups in total. The first-order valence-electron chi connectivity index (χ1n) is 9.67. The van der Waals surface area contributed by atoms with Crippen LogP contribution < -0.4 is 5.32 Å². The molecule has 2 aromatic carbocycles. The number of aromatic nitrogens is 1. The Kier molecular flexibility index (Phi) is 5.73. The molecule has 0 bridgehead atoms. The number of halogens is 3. The summed E-state index contributed by atoms with van der Waals surface area (Å²) in [6.45, 7) is 6.44. The van der Waals surface area contributed by atoms with Gasteiger partial charge in [0.2, 0.25) is 0 Å². The van der Waals surface area contributed by atoms with Gasteiger partial charge >= 0.3 is 6.18 Å². The van der Waals surface area contributed by atoms with E-state index in [1.54, 1.807) is 6.07 Å². The van der Waals surface area contributed by atoms with Crippen LogP contribution in [0.5, 0.6) is 0 Å². The normalized spacial score (nSPS) is 12.3. The molecular weight excluding hydrogens is 377 g/mol. The maximum Gasteiger partial charge on any atom is 0.416 e. The molecule has 0 radical (unpaired) electrons. The molecule has 0 spiro atoms. The molecule has 0 saturated heterocycles. The van der Waals surface area contributed by atoms with Crippen LogP contribution in [0.1, 0.15) is 55.1 Å². The molecule has 3 rings (SSSR count). The molecule has 1 amide bonds. The van der Waals surface area contributed by atoms with Crippen LogP contribution in [-0.2, 0) is 12.7 Å². The van der Waals surface area contributed by atoms with Crippen LogP contribution in [0.3, 0.4) is 0 Å². The van der Waals surface area contributed by atoms with Gasteiger partial charge in [-0.25, -0.2) is 0 Å². The van der Waals surface area contributed by atoms with E-state index in [-0.39, 0.29) is 11.4 Å². The van der Waals surface area contributed by atoms with E-state index < -0.39 is 11.7 Å². The Morgan fingerprint density at radius 3 is 2.34 bits per heavy atom. The highest BCUT2D eigenvalue weighted by Gasteiger charge is 2.30. The van der Waals surface area contributed by atoms with Crippen LogP contribution in [0.25, 0.3) is 10.9 Å². The van der Waals surface area contributed by atoms with Crippen LogP contribution >= 0.6 is 0 Å². The van der Waals surface area contributed by atoms with E-state index >= 15 is 0 Å². The predicted octanol–water partition coefficient (Wildman–Crippen LogP) is 6.02. The van der Waals surface area contributed by atoms with Crippen molar-refractivity contribution in [3.63, 3.8) is 0 Å². The van der Waals surface area contributed by atoms with Gasteiger partial charge in [0.1, 0.15) is 0 Å². The molecule has 3 nitrogen and oxygen atoms in total. The van der Waals surface area contributed by atoms with Crippen molar-refractivity contribution in [1.82, 2.24) is 9.88 Å². The van der Waals surface area contributed by atoms with Crippen molar-refractivity contribution in [2.75, 3.05) is 0 Å². The highest BCUT2D eigenvalue weighted by atomic mass is 19.4. The lowest BCUT2D eigenvalue weighted by Crippen LogP contribution is -2.43. The van der Waals surface area contributed by atoms with Crippen molar-refractivity contribution in [2.45, 2.75) is 51.9 Å². The number of benzene rings is 2. The lowest BCUT2D eigenvalue weighted by atomic mass is 9.98. The maximum absolute atomic E-state index is 13.0. The first-order valence-corrected chi connectivity index (χ1v) is 9.67. The van der Waals surface area contributed by atoms with Gasteiger partial charge in [-0.1, -0.05) is 37.6 Å². The minimum absolute atomic E-state index is 0.151. The number of rotatable bonds is 6. The van der Waals surface area contributed by atoms with Gasteiger partial charge in [0.05, 0.1) is 16.6 Å². The zero-order valence-corrected chi connectivity index (χ0v) is 16.8. The van der Waals surface area contributed by atoms with Gasteiger partial charge in [-0.15, -0.1) is 0 Å². The number of carbonyl (C=O) groups excluding carboxylic acids is 1. The highest BCUT2D eigenvalue weighted by Crippen LogP contribution is 2.29. The van der Waals surface area contributed by atoms with E-state index in [4.69, 9.17) is 0 Å². The number of alkyl halides is 3. The number of fused-ring (bicyclic) bond motifs is 1. The minimum Gasteiger partial charge on any atom is -0.347 e. The Bertz CT molecular complexity index is 1000. The monoisotopic (exact) mass is 402 g/mol. The van der Waals surface area contributed by atoms with Crippen molar-refractivity contribution in [3.8, 4) is 0 Å². The van der Waals surface area contributed by atoms with Gasteiger partial charge in [0.25, 0.3) is 5.91 Å². The molecule has 0 atom stereocenters. The molecule has 3 aromatic rings. The Balaban J connectivity index is 1.91. The predicted molar refractivity (Wildman–Crippen MR) is 109 cm³/mol. The number of para-hydroxylation sites is 1.